The number of carbonyl (C=O) groups is 1. The number of carbonyl (C=O) groups excluding carboxylic acids is 1. The van der Waals surface area contributed by atoms with Gasteiger partial charge in [0.05, 0.1) is 6.61 Å². The lowest BCUT2D eigenvalue weighted by Gasteiger charge is -1.93. The molecular weight excluding hydrogens is 281 g/mol. The van der Waals surface area contributed by atoms with Crippen LogP contribution in [0.1, 0.15) is 12.6 Å². The molecule has 4 heteroatoms. The number of rotatable bonds is 3. The third-order valence-electron chi connectivity index (χ3n) is 1.36. The highest BCUT2D eigenvalue weighted by Gasteiger charge is 1.95. The largest absolute Gasteiger partial charge is 0.463 e. The van der Waals surface area contributed by atoms with Crippen LogP contribution in [0.3, 0.4) is 0 Å². The Morgan fingerprint density at radius 3 is 3.08 bits per heavy atom. The van der Waals surface area contributed by atoms with E-state index < -0.39 is 0 Å². The first kappa shape index (κ1) is 10.3. The number of ether oxygens (including phenoxy) is 1. The van der Waals surface area contributed by atoms with Gasteiger partial charge in [-0.25, -0.2) is 4.79 Å². The summed E-state index contributed by atoms with van der Waals surface area (Å²) in [6.07, 6.45) is 4.97. The van der Waals surface area contributed by atoms with Crippen LogP contribution in [0.2, 0.25) is 0 Å². The van der Waals surface area contributed by atoms with Crippen LogP contribution >= 0.6 is 22.6 Å². The molecule has 0 atom stereocenters. The lowest BCUT2D eigenvalue weighted by Crippen LogP contribution is -1.98. The highest BCUT2D eigenvalue weighted by Crippen LogP contribution is 2.07. The molecule has 0 saturated heterocycles. The Morgan fingerprint density at radius 2 is 2.54 bits per heavy atom. The molecule has 13 heavy (non-hydrogen) atoms. The summed E-state index contributed by atoms with van der Waals surface area (Å²) in [5.74, 6) is -0.313. The number of aromatic amines is 1. The summed E-state index contributed by atoms with van der Waals surface area (Å²) in [6, 6.07) is 1.94. The van der Waals surface area contributed by atoms with Gasteiger partial charge < -0.3 is 9.72 Å². The van der Waals surface area contributed by atoms with Gasteiger partial charge in [-0.3, -0.25) is 0 Å². The van der Waals surface area contributed by atoms with Crippen molar-refractivity contribution >= 4 is 34.6 Å². The molecule has 1 N–H and O–H groups in total. The average molecular weight is 291 g/mol. The van der Waals surface area contributed by atoms with E-state index in [0.717, 1.165) is 9.26 Å². The van der Waals surface area contributed by atoms with Crippen LogP contribution in [0.5, 0.6) is 0 Å². The molecule has 1 aromatic rings. The van der Waals surface area contributed by atoms with Crippen molar-refractivity contribution < 1.29 is 9.53 Å². The highest BCUT2D eigenvalue weighted by molar-refractivity contribution is 14.1. The van der Waals surface area contributed by atoms with Crippen molar-refractivity contribution in [2.45, 2.75) is 6.92 Å². The standard InChI is InChI=1S/C9H10INO2/c1-2-13-9(12)4-3-8-5-7(10)6-11-8/h3-6,11H,2H2,1H3. The average Bonchev–Trinajstić information content (AvgIpc) is 2.49. The van der Waals surface area contributed by atoms with Gasteiger partial charge in [0.25, 0.3) is 0 Å². The van der Waals surface area contributed by atoms with E-state index in [1.165, 1.54) is 6.08 Å². The van der Waals surface area contributed by atoms with E-state index in [0.29, 0.717) is 6.61 Å². The van der Waals surface area contributed by atoms with Gasteiger partial charge in [-0.15, -0.1) is 0 Å². The van der Waals surface area contributed by atoms with E-state index in [1.54, 1.807) is 13.0 Å². The fourth-order valence-electron chi connectivity index (χ4n) is 0.829. The van der Waals surface area contributed by atoms with Gasteiger partial charge in [0, 0.05) is 21.5 Å². The van der Waals surface area contributed by atoms with Crippen LogP contribution in [0, 0.1) is 3.57 Å². The fraction of sp³-hybridized carbons (Fsp3) is 0.222. The second-order valence-corrected chi connectivity index (χ2v) is 3.60. The van der Waals surface area contributed by atoms with Gasteiger partial charge in [0.2, 0.25) is 0 Å². The Labute approximate surface area is 90.3 Å². The smallest absolute Gasteiger partial charge is 0.330 e. The van der Waals surface area contributed by atoms with Crippen molar-refractivity contribution in [1.82, 2.24) is 4.98 Å². The van der Waals surface area contributed by atoms with E-state index in [2.05, 4.69) is 27.6 Å². The van der Waals surface area contributed by atoms with Crippen LogP contribution in [-0.2, 0) is 9.53 Å². The highest BCUT2D eigenvalue weighted by atomic mass is 127. The Bertz CT molecular complexity index is 317. The zero-order chi connectivity index (χ0) is 9.68. The van der Waals surface area contributed by atoms with Crippen molar-refractivity contribution in [2.75, 3.05) is 6.61 Å². The molecule has 0 spiro atoms. The van der Waals surface area contributed by atoms with Crippen LogP contribution in [-0.4, -0.2) is 17.6 Å². The van der Waals surface area contributed by atoms with Crippen molar-refractivity contribution in [1.29, 1.82) is 0 Å². The predicted molar refractivity (Wildman–Crippen MR) is 59.2 cm³/mol. The Morgan fingerprint density at radius 1 is 1.77 bits per heavy atom. The second-order valence-electron chi connectivity index (χ2n) is 2.36. The zero-order valence-electron chi connectivity index (χ0n) is 7.21. The van der Waals surface area contributed by atoms with Crippen LogP contribution < -0.4 is 0 Å². The Kier molecular flexibility index (Phi) is 4.01. The molecular formula is C9H10INO2. The quantitative estimate of drug-likeness (QED) is 0.527. The van der Waals surface area contributed by atoms with Crippen molar-refractivity contribution in [2.24, 2.45) is 0 Å². The third kappa shape index (κ3) is 3.63. The Balaban J connectivity index is 2.53. The predicted octanol–water partition coefficient (Wildman–Crippen LogP) is 2.20. The fourth-order valence-corrected chi connectivity index (χ4v) is 1.32. The molecule has 3 nitrogen and oxygen atoms in total. The topological polar surface area (TPSA) is 42.1 Å². The number of hydrogen-bond acceptors (Lipinski definition) is 2. The summed E-state index contributed by atoms with van der Waals surface area (Å²) in [5, 5.41) is 0. The van der Waals surface area contributed by atoms with E-state index in [-0.39, 0.29) is 5.97 Å². The molecule has 0 aliphatic rings. The summed E-state index contributed by atoms with van der Waals surface area (Å²) in [7, 11) is 0. The van der Waals surface area contributed by atoms with E-state index in [1.807, 2.05) is 12.3 Å². The first-order valence-corrected chi connectivity index (χ1v) is 4.99. The van der Waals surface area contributed by atoms with Crippen molar-refractivity contribution in [3.05, 3.63) is 27.6 Å². The molecule has 1 rings (SSSR count). The molecule has 0 unspecified atom stereocenters. The molecule has 0 saturated carbocycles. The van der Waals surface area contributed by atoms with Gasteiger partial charge in [-0.05, 0) is 41.7 Å². The molecule has 1 aromatic heterocycles. The van der Waals surface area contributed by atoms with Crippen molar-refractivity contribution in [3.8, 4) is 0 Å². The van der Waals surface area contributed by atoms with Crippen LogP contribution in [0.15, 0.2) is 18.3 Å². The van der Waals surface area contributed by atoms with E-state index in [4.69, 9.17) is 4.74 Å². The van der Waals surface area contributed by atoms with Crippen LogP contribution in [0.4, 0.5) is 0 Å². The van der Waals surface area contributed by atoms with Gasteiger partial charge >= 0.3 is 5.97 Å². The summed E-state index contributed by atoms with van der Waals surface area (Å²) in [6.45, 7) is 2.19. The second kappa shape index (κ2) is 5.06. The lowest BCUT2D eigenvalue weighted by molar-refractivity contribution is -0.137. The minimum atomic E-state index is -0.313. The van der Waals surface area contributed by atoms with Crippen LogP contribution in [0.25, 0.3) is 6.08 Å². The lowest BCUT2D eigenvalue weighted by atomic mass is 10.4. The SMILES string of the molecule is CCOC(=O)C=Cc1cc(I)c[nH]1. The molecule has 1 heterocycles. The minimum absolute atomic E-state index is 0.313. The third-order valence-corrected chi connectivity index (χ3v) is 1.98. The summed E-state index contributed by atoms with van der Waals surface area (Å²) in [4.78, 5) is 13.9. The minimum Gasteiger partial charge on any atom is -0.463 e. The maximum Gasteiger partial charge on any atom is 0.330 e. The Hall–Kier alpha value is -0.780. The molecule has 0 amide bonds. The summed E-state index contributed by atoms with van der Waals surface area (Å²) < 4.78 is 5.84. The maximum atomic E-state index is 10.9. The maximum absolute atomic E-state index is 10.9. The van der Waals surface area contributed by atoms with Crippen molar-refractivity contribution in [3.63, 3.8) is 0 Å². The summed E-state index contributed by atoms with van der Waals surface area (Å²) in [5.41, 5.74) is 0.900. The molecule has 0 aromatic carbocycles. The molecule has 0 aliphatic carbocycles. The van der Waals surface area contributed by atoms with Gasteiger partial charge in [0.15, 0.2) is 0 Å². The zero-order valence-corrected chi connectivity index (χ0v) is 9.37. The number of H-pyrrole nitrogens is 1. The van der Waals surface area contributed by atoms with Gasteiger partial charge in [0.1, 0.15) is 0 Å². The van der Waals surface area contributed by atoms with E-state index in [9.17, 15) is 4.79 Å². The molecule has 0 bridgehead atoms. The number of hydrogen-bond donors (Lipinski definition) is 1. The van der Waals surface area contributed by atoms with E-state index >= 15 is 0 Å². The van der Waals surface area contributed by atoms with Gasteiger partial charge in [-0.2, -0.15) is 0 Å². The first-order chi connectivity index (χ1) is 6.22. The monoisotopic (exact) mass is 291 g/mol. The van der Waals surface area contributed by atoms with Gasteiger partial charge in [-0.1, -0.05) is 0 Å². The molecule has 0 aliphatic heterocycles. The molecule has 0 radical (unpaired) electrons. The normalized spacial score (nSPS) is 10.6. The number of aromatic nitrogens is 1. The number of esters is 1. The number of nitrogens with one attached hydrogen (secondary N) is 1. The molecule has 0 fully saturated rings. The summed E-state index contributed by atoms with van der Waals surface area (Å²) >= 11 is 2.19. The first-order valence-electron chi connectivity index (χ1n) is 3.91. The number of halogens is 1. The molecule has 70 valence electrons.